The molecule has 0 N–H and O–H groups in total. The Morgan fingerprint density at radius 2 is 1.10 bits per heavy atom. The van der Waals surface area contributed by atoms with Gasteiger partial charge in [-0.05, 0) is 25.7 Å². The normalized spacial score (nSPS) is 11.2. The van der Waals surface area contributed by atoms with Gasteiger partial charge < -0.3 is 9.47 Å². The molecule has 0 rings (SSSR count). The molecule has 0 heterocycles. The zero-order valence-electron chi connectivity index (χ0n) is 14.2. The van der Waals surface area contributed by atoms with Crippen LogP contribution in [0.5, 0.6) is 0 Å². The highest BCUT2D eigenvalue weighted by molar-refractivity contribution is 5.99. The minimum Gasteiger partial charge on any atom is -0.465 e. The van der Waals surface area contributed by atoms with Gasteiger partial charge in [-0.25, -0.2) is 0 Å². The van der Waals surface area contributed by atoms with Gasteiger partial charge in [-0.2, -0.15) is 0 Å². The molecule has 21 heavy (non-hydrogen) atoms. The molecule has 0 aliphatic rings. The van der Waals surface area contributed by atoms with E-state index in [0.29, 0.717) is 26.1 Å². The summed E-state index contributed by atoms with van der Waals surface area (Å²) in [7, 11) is 0. The molecule has 0 atom stereocenters. The summed E-state index contributed by atoms with van der Waals surface area (Å²) in [5.41, 5.74) is -1.13. The highest BCUT2D eigenvalue weighted by atomic mass is 16.6. The molecule has 0 fully saturated rings. The maximum atomic E-state index is 12.3. The monoisotopic (exact) mass is 300 g/mol. The van der Waals surface area contributed by atoms with Crippen LogP contribution in [-0.4, -0.2) is 25.2 Å². The van der Waals surface area contributed by atoms with Crippen LogP contribution < -0.4 is 0 Å². The van der Waals surface area contributed by atoms with Crippen molar-refractivity contribution in [2.75, 3.05) is 13.2 Å². The molecular weight excluding hydrogens is 268 g/mol. The van der Waals surface area contributed by atoms with E-state index in [-0.39, 0.29) is 0 Å². The van der Waals surface area contributed by atoms with Crippen molar-refractivity contribution in [3.8, 4) is 0 Å². The third-order valence-electron chi connectivity index (χ3n) is 3.95. The number of carbonyl (C=O) groups is 2. The number of esters is 2. The van der Waals surface area contributed by atoms with Crippen LogP contribution in [-0.2, 0) is 19.1 Å². The van der Waals surface area contributed by atoms with E-state index in [9.17, 15) is 9.59 Å². The molecule has 124 valence electrons. The second-order valence-electron chi connectivity index (χ2n) is 5.48. The van der Waals surface area contributed by atoms with Gasteiger partial charge in [-0.15, -0.1) is 0 Å². The fraction of sp³-hybridized carbons (Fsp3) is 0.882. The van der Waals surface area contributed by atoms with Gasteiger partial charge in [0.1, 0.15) is 0 Å². The van der Waals surface area contributed by atoms with E-state index in [1.54, 1.807) is 0 Å². The largest absolute Gasteiger partial charge is 0.465 e. The summed E-state index contributed by atoms with van der Waals surface area (Å²) in [5.74, 6) is -0.854. The van der Waals surface area contributed by atoms with E-state index >= 15 is 0 Å². The van der Waals surface area contributed by atoms with Gasteiger partial charge in [-0.3, -0.25) is 9.59 Å². The third-order valence-corrected chi connectivity index (χ3v) is 3.95. The maximum Gasteiger partial charge on any atom is 0.323 e. The number of hydrogen-bond acceptors (Lipinski definition) is 4. The van der Waals surface area contributed by atoms with Gasteiger partial charge in [0.15, 0.2) is 5.41 Å². The molecule has 0 spiro atoms. The Kier molecular flexibility index (Phi) is 11.0. The lowest BCUT2D eigenvalue weighted by Crippen LogP contribution is -2.41. The number of unbranched alkanes of at least 4 members (excludes halogenated alkanes) is 4. The van der Waals surface area contributed by atoms with Crippen LogP contribution in [0.1, 0.15) is 79.1 Å². The molecule has 0 aromatic rings. The smallest absolute Gasteiger partial charge is 0.323 e. The van der Waals surface area contributed by atoms with Crippen LogP contribution in [0.3, 0.4) is 0 Å². The number of rotatable bonds is 12. The molecule has 0 radical (unpaired) electrons. The summed E-state index contributed by atoms with van der Waals surface area (Å²) in [6.45, 7) is 8.64. The molecule has 0 aromatic heterocycles. The van der Waals surface area contributed by atoms with Gasteiger partial charge in [0, 0.05) is 0 Å². The van der Waals surface area contributed by atoms with Crippen LogP contribution in [0.2, 0.25) is 0 Å². The van der Waals surface area contributed by atoms with Crippen molar-refractivity contribution in [3.05, 3.63) is 0 Å². The highest BCUT2D eigenvalue weighted by Gasteiger charge is 2.45. The average Bonchev–Trinajstić information content (AvgIpc) is 2.50. The fourth-order valence-electron chi connectivity index (χ4n) is 2.22. The lowest BCUT2D eigenvalue weighted by atomic mass is 9.82. The number of carbonyl (C=O) groups excluding carboxylic acids is 2. The number of hydrogen-bond donors (Lipinski definition) is 0. The first kappa shape index (κ1) is 19.9. The highest BCUT2D eigenvalue weighted by Crippen LogP contribution is 2.30. The lowest BCUT2D eigenvalue weighted by molar-refractivity contribution is -0.173. The van der Waals surface area contributed by atoms with Gasteiger partial charge in [0.2, 0.25) is 0 Å². The first-order chi connectivity index (χ1) is 10.1. The van der Waals surface area contributed by atoms with Crippen LogP contribution in [0.15, 0.2) is 0 Å². The van der Waals surface area contributed by atoms with Crippen LogP contribution >= 0.6 is 0 Å². The fourth-order valence-corrected chi connectivity index (χ4v) is 2.22. The van der Waals surface area contributed by atoms with E-state index < -0.39 is 17.4 Å². The van der Waals surface area contributed by atoms with E-state index in [1.807, 2.05) is 13.8 Å². The van der Waals surface area contributed by atoms with Crippen molar-refractivity contribution in [2.45, 2.75) is 79.1 Å². The Bertz CT molecular complexity index is 269. The molecule has 4 heteroatoms. The average molecular weight is 300 g/mol. The second-order valence-corrected chi connectivity index (χ2v) is 5.48. The standard InChI is InChI=1S/C17H32O4/c1-5-9-11-13-20-15(18)17(7-3,8-4)16(19)21-14-12-10-6-2/h5-14H2,1-4H3. The lowest BCUT2D eigenvalue weighted by Gasteiger charge is -2.26. The zero-order chi connectivity index (χ0) is 16.1. The predicted octanol–water partition coefficient (Wildman–Crippen LogP) is 4.26. The van der Waals surface area contributed by atoms with Crippen molar-refractivity contribution >= 4 is 11.9 Å². The first-order valence-electron chi connectivity index (χ1n) is 8.43. The van der Waals surface area contributed by atoms with Gasteiger partial charge in [0.25, 0.3) is 0 Å². The minimum absolute atomic E-state index is 0.386. The Morgan fingerprint density at radius 3 is 1.38 bits per heavy atom. The SMILES string of the molecule is CCCCCOC(=O)C(CC)(CC)C(=O)OCCCCC. The minimum atomic E-state index is -1.13. The van der Waals surface area contributed by atoms with Crippen molar-refractivity contribution in [2.24, 2.45) is 5.41 Å². The van der Waals surface area contributed by atoms with Gasteiger partial charge >= 0.3 is 11.9 Å². The molecule has 0 saturated carbocycles. The van der Waals surface area contributed by atoms with E-state index in [0.717, 1.165) is 38.5 Å². The van der Waals surface area contributed by atoms with E-state index in [2.05, 4.69) is 13.8 Å². The van der Waals surface area contributed by atoms with Crippen molar-refractivity contribution in [1.82, 2.24) is 0 Å². The molecule has 4 nitrogen and oxygen atoms in total. The van der Waals surface area contributed by atoms with Gasteiger partial charge in [0.05, 0.1) is 13.2 Å². The Labute approximate surface area is 129 Å². The van der Waals surface area contributed by atoms with Crippen molar-refractivity contribution < 1.29 is 19.1 Å². The summed E-state index contributed by atoms with van der Waals surface area (Å²) >= 11 is 0. The van der Waals surface area contributed by atoms with Crippen molar-refractivity contribution in [1.29, 1.82) is 0 Å². The topological polar surface area (TPSA) is 52.6 Å². The summed E-state index contributed by atoms with van der Waals surface area (Å²) in [6, 6.07) is 0. The van der Waals surface area contributed by atoms with Crippen LogP contribution in [0.25, 0.3) is 0 Å². The molecule has 0 saturated heterocycles. The van der Waals surface area contributed by atoms with Crippen LogP contribution in [0.4, 0.5) is 0 Å². The molecule has 0 unspecified atom stereocenters. The summed E-state index contributed by atoms with van der Waals surface area (Å²) in [6.07, 6.45) is 6.73. The maximum absolute atomic E-state index is 12.3. The van der Waals surface area contributed by atoms with Crippen LogP contribution in [0, 0.1) is 5.41 Å². The molecule has 0 aromatic carbocycles. The van der Waals surface area contributed by atoms with E-state index in [1.165, 1.54) is 0 Å². The van der Waals surface area contributed by atoms with Gasteiger partial charge in [-0.1, -0.05) is 53.4 Å². The molecular formula is C17H32O4. The van der Waals surface area contributed by atoms with E-state index in [4.69, 9.17) is 9.47 Å². The Hall–Kier alpha value is -1.06. The summed E-state index contributed by atoms with van der Waals surface area (Å²) < 4.78 is 10.6. The predicted molar refractivity (Wildman–Crippen MR) is 84.0 cm³/mol. The van der Waals surface area contributed by atoms with Crippen molar-refractivity contribution in [3.63, 3.8) is 0 Å². The summed E-state index contributed by atoms with van der Waals surface area (Å²) in [5, 5.41) is 0. The first-order valence-corrected chi connectivity index (χ1v) is 8.43. The summed E-state index contributed by atoms with van der Waals surface area (Å²) in [4.78, 5) is 24.6. The zero-order valence-corrected chi connectivity index (χ0v) is 14.2. The quantitative estimate of drug-likeness (QED) is 0.307. The molecule has 0 aliphatic carbocycles. The molecule has 0 aliphatic heterocycles. The second kappa shape index (κ2) is 11.6. The third kappa shape index (κ3) is 6.49. The molecule has 0 amide bonds. The Balaban J connectivity index is 4.50. The molecule has 0 bridgehead atoms. The number of ether oxygens (including phenoxy) is 2. The Morgan fingerprint density at radius 1 is 0.714 bits per heavy atom.